The normalized spacial score (nSPS) is 20.1. The van der Waals surface area contributed by atoms with Crippen molar-refractivity contribution in [2.24, 2.45) is 0 Å². The van der Waals surface area contributed by atoms with Gasteiger partial charge >= 0.3 is 0 Å². The molecule has 7 nitrogen and oxygen atoms in total. The van der Waals surface area contributed by atoms with Crippen molar-refractivity contribution in [3.05, 3.63) is 18.2 Å². The third kappa shape index (κ3) is 2.46. The standard InChI is InChI=1S/C11H13N3O4S/c15-19(16,12-7-8-3-2-6-17-8)10-5-1-4-9-11(10)14-18-13-9/h1,4-5,8,12H,2-3,6-7H2. The third-order valence-corrected chi connectivity index (χ3v) is 4.52. The van der Waals surface area contributed by atoms with Crippen molar-refractivity contribution < 1.29 is 17.8 Å². The maximum absolute atomic E-state index is 12.2. The average Bonchev–Trinajstić information content (AvgIpc) is 3.06. The molecule has 0 saturated carbocycles. The van der Waals surface area contributed by atoms with Crippen molar-refractivity contribution >= 4 is 21.1 Å². The van der Waals surface area contributed by atoms with Crippen LogP contribution in [0, 0.1) is 0 Å². The van der Waals surface area contributed by atoms with E-state index in [2.05, 4.69) is 19.7 Å². The molecule has 2 aromatic rings. The first-order valence-corrected chi connectivity index (χ1v) is 7.48. The molecule has 1 unspecified atom stereocenters. The van der Waals surface area contributed by atoms with E-state index >= 15 is 0 Å². The molecule has 2 heterocycles. The van der Waals surface area contributed by atoms with Gasteiger partial charge in [-0.05, 0) is 35.3 Å². The topological polar surface area (TPSA) is 94.3 Å². The van der Waals surface area contributed by atoms with Gasteiger partial charge in [-0.2, -0.15) is 0 Å². The molecule has 1 atom stereocenters. The van der Waals surface area contributed by atoms with Gasteiger partial charge in [-0.3, -0.25) is 0 Å². The lowest BCUT2D eigenvalue weighted by atomic mass is 10.2. The van der Waals surface area contributed by atoms with E-state index in [0.717, 1.165) is 12.8 Å². The minimum Gasteiger partial charge on any atom is -0.377 e. The van der Waals surface area contributed by atoms with Crippen LogP contribution in [0.15, 0.2) is 27.7 Å². The Kier molecular flexibility index (Phi) is 3.21. The molecule has 0 amide bonds. The fourth-order valence-electron chi connectivity index (χ4n) is 2.08. The van der Waals surface area contributed by atoms with Gasteiger partial charge in [-0.25, -0.2) is 17.8 Å². The molecule has 0 radical (unpaired) electrons. The van der Waals surface area contributed by atoms with Crippen LogP contribution < -0.4 is 4.72 Å². The van der Waals surface area contributed by atoms with Crippen LogP contribution in [0.25, 0.3) is 11.0 Å². The summed E-state index contributed by atoms with van der Waals surface area (Å²) in [6.45, 7) is 0.958. The van der Waals surface area contributed by atoms with Crippen LogP contribution in [-0.4, -0.2) is 38.0 Å². The van der Waals surface area contributed by atoms with Gasteiger partial charge in [0.2, 0.25) is 10.0 Å². The first kappa shape index (κ1) is 12.5. The molecule has 1 saturated heterocycles. The molecule has 19 heavy (non-hydrogen) atoms. The second kappa shape index (κ2) is 4.87. The van der Waals surface area contributed by atoms with Crippen molar-refractivity contribution in [2.75, 3.05) is 13.2 Å². The number of ether oxygens (including phenoxy) is 1. The molecule has 1 N–H and O–H groups in total. The number of nitrogens with one attached hydrogen (secondary N) is 1. The number of sulfonamides is 1. The largest absolute Gasteiger partial charge is 0.377 e. The van der Waals surface area contributed by atoms with Crippen molar-refractivity contribution in [1.29, 1.82) is 0 Å². The monoisotopic (exact) mass is 283 g/mol. The first-order chi connectivity index (χ1) is 9.17. The summed E-state index contributed by atoms with van der Waals surface area (Å²) in [5.74, 6) is 0. The van der Waals surface area contributed by atoms with Crippen LogP contribution in [0.2, 0.25) is 0 Å². The summed E-state index contributed by atoms with van der Waals surface area (Å²) in [5.41, 5.74) is 0.655. The molecule has 0 aliphatic carbocycles. The maximum Gasteiger partial charge on any atom is 0.243 e. The molecule has 0 bridgehead atoms. The van der Waals surface area contributed by atoms with E-state index < -0.39 is 10.0 Å². The van der Waals surface area contributed by atoms with Crippen molar-refractivity contribution in [3.63, 3.8) is 0 Å². The average molecular weight is 283 g/mol. The maximum atomic E-state index is 12.2. The van der Waals surface area contributed by atoms with Crippen molar-refractivity contribution in [2.45, 2.75) is 23.8 Å². The van der Waals surface area contributed by atoms with Gasteiger partial charge in [0.05, 0.1) is 6.10 Å². The van der Waals surface area contributed by atoms with E-state index in [1.54, 1.807) is 12.1 Å². The Bertz CT molecular complexity index is 676. The molecular weight excluding hydrogens is 270 g/mol. The van der Waals surface area contributed by atoms with Gasteiger partial charge in [0.15, 0.2) is 5.52 Å². The molecule has 1 aliphatic heterocycles. The highest BCUT2D eigenvalue weighted by atomic mass is 32.2. The van der Waals surface area contributed by atoms with E-state index in [1.807, 2.05) is 0 Å². The second-order valence-corrected chi connectivity index (χ2v) is 6.11. The molecule has 1 aliphatic rings. The molecular formula is C11H13N3O4S. The number of rotatable bonds is 4. The molecule has 102 valence electrons. The minimum atomic E-state index is -3.64. The predicted molar refractivity (Wildman–Crippen MR) is 66.0 cm³/mol. The number of aromatic nitrogens is 2. The van der Waals surface area contributed by atoms with E-state index in [0.29, 0.717) is 12.1 Å². The van der Waals surface area contributed by atoms with Crippen LogP contribution in [0.5, 0.6) is 0 Å². The lowest BCUT2D eigenvalue weighted by molar-refractivity contribution is 0.114. The summed E-state index contributed by atoms with van der Waals surface area (Å²) >= 11 is 0. The summed E-state index contributed by atoms with van der Waals surface area (Å²) in [4.78, 5) is 0.0734. The molecule has 3 rings (SSSR count). The number of hydrogen-bond acceptors (Lipinski definition) is 6. The zero-order valence-corrected chi connectivity index (χ0v) is 10.9. The SMILES string of the molecule is O=S(=O)(NCC1CCCO1)c1cccc2nonc12. The van der Waals surface area contributed by atoms with Gasteiger partial charge in [0, 0.05) is 13.2 Å². The quantitative estimate of drug-likeness (QED) is 0.886. The Morgan fingerprint density at radius 1 is 1.37 bits per heavy atom. The van der Waals surface area contributed by atoms with Crippen LogP contribution in [0.3, 0.4) is 0 Å². The van der Waals surface area contributed by atoms with E-state index in [1.165, 1.54) is 6.07 Å². The molecule has 1 fully saturated rings. The number of fused-ring (bicyclic) bond motifs is 1. The summed E-state index contributed by atoms with van der Waals surface area (Å²) in [6.07, 6.45) is 1.79. The molecule has 8 heteroatoms. The Morgan fingerprint density at radius 2 is 2.26 bits per heavy atom. The van der Waals surface area contributed by atoms with Gasteiger partial charge in [0.1, 0.15) is 10.4 Å². The zero-order valence-electron chi connectivity index (χ0n) is 10.1. The van der Waals surface area contributed by atoms with Crippen LogP contribution in [0.1, 0.15) is 12.8 Å². The summed E-state index contributed by atoms with van der Waals surface area (Å²) in [7, 11) is -3.64. The van der Waals surface area contributed by atoms with Gasteiger partial charge in [-0.15, -0.1) is 0 Å². The van der Waals surface area contributed by atoms with E-state index in [4.69, 9.17) is 4.74 Å². The molecule has 1 aromatic carbocycles. The van der Waals surface area contributed by atoms with Crippen LogP contribution >= 0.6 is 0 Å². The Hall–Kier alpha value is -1.51. The highest BCUT2D eigenvalue weighted by molar-refractivity contribution is 7.89. The Labute approximate surface area is 109 Å². The van der Waals surface area contributed by atoms with Crippen molar-refractivity contribution in [1.82, 2.24) is 15.0 Å². The molecule has 0 spiro atoms. The van der Waals surface area contributed by atoms with Crippen LogP contribution in [0.4, 0.5) is 0 Å². The number of hydrogen-bond donors (Lipinski definition) is 1. The molecule has 1 aromatic heterocycles. The van der Waals surface area contributed by atoms with E-state index in [9.17, 15) is 8.42 Å². The minimum absolute atomic E-state index is 0.0515. The number of nitrogens with zero attached hydrogens (tertiary/aromatic N) is 2. The van der Waals surface area contributed by atoms with Crippen molar-refractivity contribution in [3.8, 4) is 0 Å². The lowest BCUT2D eigenvalue weighted by Crippen LogP contribution is -2.31. The highest BCUT2D eigenvalue weighted by Gasteiger charge is 2.23. The van der Waals surface area contributed by atoms with Gasteiger partial charge in [0.25, 0.3) is 0 Å². The van der Waals surface area contributed by atoms with Crippen LogP contribution in [-0.2, 0) is 14.8 Å². The fourth-order valence-corrected chi connectivity index (χ4v) is 3.30. The highest BCUT2D eigenvalue weighted by Crippen LogP contribution is 2.20. The second-order valence-electron chi connectivity index (χ2n) is 4.38. The van der Waals surface area contributed by atoms with E-state index in [-0.39, 0.29) is 23.1 Å². The summed E-state index contributed by atoms with van der Waals surface area (Å²) < 4.78 is 36.9. The fraction of sp³-hybridized carbons (Fsp3) is 0.455. The predicted octanol–water partition coefficient (Wildman–Crippen LogP) is 0.680. The number of benzene rings is 1. The van der Waals surface area contributed by atoms with Gasteiger partial charge < -0.3 is 4.74 Å². The smallest absolute Gasteiger partial charge is 0.243 e. The van der Waals surface area contributed by atoms with Gasteiger partial charge in [-0.1, -0.05) is 6.07 Å². The third-order valence-electron chi connectivity index (χ3n) is 3.06. The lowest BCUT2D eigenvalue weighted by Gasteiger charge is -2.11. The summed E-state index contributed by atoms with van der Waals surface area (Å²) in [6, 6.07) is 4.72. The Balaban J connectivity index is 1.84. The zero-order chi connectivity index (χ0) is 13.3. The summed E-state index contributed by atoms with van der Waals surface area (Å²) in [5, 5.41) is 7.26. The Morgan fingerprint density at radius 3 is 3.05 bits per heavy atom. The first-order valence-electron chi connectivity index (χ1n) is 5.99.